The Labute approximate surface area is 122 Å². The molecule has 1 amide bonds. The van der Waals surface area contributed by atoms with Gasteiger partial charge in [-0.2, -0.15) is 0 Å². The lowest BCUT2D eigenvalue weighted by molar-refractivity contribution is -0.143. The van der Waals surface area contributed by atoms with Crippen LogP contribution in [0, 0.1) is 24.7 Å². The van der Waals surface area contributed by atoms with Crippen molar-refractivity contribution in [1.29, 1.82) is 0 Å². The lowest BCUT2D eigenvalue weighted by Crippen LogP contribution is -2.39. The van der Waals surface area contributed by atoms with Crippen LogP contribution in [0.5, 0.6) is 0 Å². The monoisotopic (exact) mass is 289 g/mol. The van der Waals surface area contributed by atoms with E-state index in [-0.39, 0.29) is 17.9 Å². The number of hydrogen-bond donors (Lipinski definition) is 3. The summed E-state index contributed by atoms with van der Waals surface area (Å²) in [5, 5.41) is 12.7. The highest BCUT2D eigenvalue weighted by molar-refractivity contribution is 5.93. The molecule has 0 saturated heterocycles. The van der Waals surface area contributed by atoms with Crippen LogP contribution in [-0.4, -0.2) is 28.0 Å². The van der Waals surface area contributed by atoms with E-state index in [0.717, 1.165) is 19.3 Å². The van der Waals surface area contributed by atoms with E-state index in [1.807, 2.05) is 0 Å². The van der Waals surface area contributed by atoms with Crippen molar-refractivity contribution in [3.63, 3.8) is 0 Å². The first-order valence-corrected chi connectivity index (χ1v) is 7.23. The number of amides is 1. The number of fused-ring (bicyclic) bond motifs is 2. The zero-order valence-corrected chi connectivity index (χ0v) is 11.9. The van der Waals surface area contributed by atoms with Crippen LogP contribution < -0.4 is 11.1 Å². The van der Waals surface area contributed by atoms with Gasteiger partial charge in [-0.1, -0.05) is 0 Å². The van der Waals surface area contributed by atoms with Crippen molar-refractivity contribution < 1.29 is 14.7 Å². The van der Waals surface area contributed by atoms with E-state index in [0.29, 0.717) is 23.0 Å². The average Bonchev–Trinajstić information content (AvgIpc) is 2.98. The number of aromatic nitrogens is 1. The van der Waals surface area contributed by atoms with Crippen LogP contribution in [0.15, 0.2) is 12.1 Å². The third kappa shape index (κ3) is 2.46. The van der Waals surface area contributed by atoms with Gasteiger partial charge >= 0.3 is 5.97 Å². The lowest BCUT2D eigenvalue weighted by atomic mass is 9.84. The molecule has 0 spiro atoms. The normalized spacial score (nSPS) is 30.3. The number of carboxylic acids is 1. The van der Waals surface area contributed by atoms with Gasteiger partial charge in [0.05, 0.1) is 5.92 Å². The molecule has 6 nitrogen and oxygen atoms in total. The first-order chi connectivity index (χ1) is 9.95. The number of nitrogens with one attached hydrogen (secondary N) is 1. The summed E-state index contributed by atoms with van der Waals surface area (Å²) in [6.07, 6.45) is 3.01. The van der Waals surface area contributed by atoms with Crippen LogP contribution in [0.4, 0.5) is 5.82 Å². The fraction of sp³-hybridized carbons (Fsp3) is 0.533. The maximum absolute atomic E-state index is 11.5. The zero-order valence-electron chi connectivity index (χ0n) is 11.9. The Hall–Kier alpha value is -2.11. The Balaban J connectivity index is 1.86. The fourth-order valence-electron chi connectivity index (χ4n) is 3.91. The lowest BCUT2D eigenvalue weighted by Gasteiger charge is -2.29. The van der Waals surface area contributed by atoms with Gasteiger partial charge in [-0.25, -0.2) is 4.98 Å². The van der Waals surface area contributed by atoms with Crippen LogP contribution in [0.1, 0.15) is 35.3 Å². The molecular formula is C15H19N3O3. The molecule has 1 aromatic rings. The molecule has 0 aromatic carbocycles. The Morgan fingerprint density at radius 2 is 2.05 bits per heavy atom. The molecule has 6 heteroatoms. The van der Waals surface area contributed by atoms with Crippen LogP contribution in [0.3, 0.4) is 0 Å². The van der Waals surface area contributed by atoms with E-state index in [1.165, 1.54) is 0 Å². The second kappa shape index (κ2) is 5.02. The molecule has 0 aliphatic heterocycles. The van der Waals surface area contributed by atoms with Crippen molar-refractivity contribution >= 4 is 17.7 Å². The quantitative estimate of drug-likeness (QED) is 0.777. The van der Waals surface area contributed by atoms with E-state index in [1.54, 1.807) is 19.1 Å². The van der Waals surface area contributed by atoms with Gasteiger partial charge in [0.25, 0.3) is 0 Å². The zero-order chi connectivity index (χ0) is 15.1. The minimum absolute atomic E-state index is 0.115. The number of aliphatic carboxylic acids is 1. The molecule has 3 rings (SSSR count). The summed E-state index contributed by atoms with van der Waals surface area (Å²) in [5.74, 6) is -0.467. The Kier molecular flexibility index (Phi) is 3.31. The number of rotatable bonds is 4. The summed E-state index contributed by atoms with van der Waals surface area (Å²) in [6.45, 7) is 1.78. The Morgan fingerprint density at radius 1 is 1.33 bits per heavy atom. The molecule has 2 bridgehead atoms. The van der Waals surface area contributed by atoms with E-state index in [9.17, 15) is 14.7 Å². The number of primary amides is 1. The van der Waals surface area contributed by atoms with Crippen LogP contribution in [-0.2, 0) is 4.79 Å². The van der Waals surface area contributed by atoms with E-state index in [2.05, 4.69) is 10.3 Å². The summed E-state index contributed by atoms with van der Waals surface area (Å²) < 4.78 is 0. The summed E-state index contributed by atoms with van der Waals surface area (Å²) in [7, 11) is 0. The molecule has 0 radical (unpaired) electrons. The first-order valence-electron chi connectivity index (χ1n) is 7.23. The molecule has 4 N–H and O–H groups in total. The highest BCUT2D eigenvalue weighted by Gasteiger charge is 2.51. The third-order valence-corrected chi connectivity index (χ3v) is 4.75. The molecule has 21 heavy (non-hydrogen) atoms. The molecule has 4 unspecified atom stereocenters. The van der Waals surface area contributed by atoms with E-state index in [4.69, 9.17) is 5.73 Å². The van der Waals surface area contributed by atoms with Gasteiger partial charge in [-0.05, 0) is 50.2 Å². The highest BCUT2D eigenvalue weighted by Crippen LogP contribution is 2.49. The van der Waals surface area contributed by atoms with Crippen molar-refractivity contribution in [2.75, 3.05) is 5.32 Å². The summed E-state index contributed by atoms with van der Waals surface area (Å²) in [6, 6.07) is 3.11. The predicted octanol–water partition coefficient (Wildman–Crippen LogP) is 1.40. The fourth-order valence-corrected chi connectivity index (χ4v) is 3.91. The maximum Gasteiger partial charge on any atom is 0.308 e. The second-order valence-corrected chi connectivity index (χ2v) is 6.11. The molecule has 1 aromatic heterocycles. The maximum atomic E-state index is 11.5. The second-order valence-electron chi connectivity index (χ2n) is 6.11. The number of pyridine rings is 1. The number of anilines is 1. The highest BCUT2D eigenvalue weighted by atomic mass is 16.4. The van der Waals surface area contributed by atoms with Crippen molar-refractivity contribution in [2.45, 2.75) is 32.2 Å². The molecule has 112 valence electrons. The van der Waals surface area contributed by atoms with Crippen LogP contribution >= 0.6 is 0 Å². The molecule has 2 saturated carbocycles. The Morgan fingerprint density at radius 3 is 2.71 bits per heavy atom. The third-order valence-electron chi connectivity index (χ3n) is 4.75. The van der Waals surface area contributed by atoms with Crippen LogP contribution in [0.25, 0.3) is 0 Å². The van der Waals surface area contributed by atoms with Gasteiger partial charge in [0.2, 0.25) is 5.91 Å². The van der Waals surface area contributed by atoms with Gasteiger partial charge < -0.3 is 16.2 Å². The number of carboxylic acid groups (broad SMARTS) is 1. The number of aryl methyl sites for hydroxylation is 1. The molecule has 4 atom stereocenters. The van der Waals surface area contributed by atoms with Gasteiger partial charge in [-0.3, -0.25) is 9.59 Å². The molecule has 1 heterocycles. The van der Waals surface area contributed by atoms with Gasteiger partial charge in [0, 0.05) is 17.3 Å². The van der Waals surface area contributed by atoms with Gasteiger partial charge in [0.15, 0.2) is 0 Å². The molecule has 2 aliphatic carbocycles. The minimum atomic E-state index is -0.748. The minimum Gasteiger partial charge on any atom is -0.481 e. The predicted molar refractivity (Wildman–Crippen MR) is 76.9 cm³/mol. The first kappa shape index (κ1) is 13.9. The number of hydrogen-bond acceptors (Lipinski definition) is 4. The number of carbonyl (C=O) groups excluding carboxylic acids is 1. The van der Waals surface area contributed by atoms with Crippen molar-refractivity contribution in [3.05, 3.63) is 23.4 Å². The average molecular weight is 289 g/mol. The summed E-state index contributed by atoms with van der Waals surface area (Å²) >= 11 is 0. The van der Waals surface area contributed by atoms with Gasteiger partial charge in [0.1, 0.15) is 5.82 Å². The number of nitrogens with two attached hydrogens (primary N) is 1. The van der Waals surface area contributed by atoms with Crippen LogP contribution in [0.2, 0.25) is 0 Å². The largest absolute Gasteiger partial charge is 0.481 e. The van der Waals surface area contributed by atoms with Crippen molar-refractivity contribution in [2.24, 2.45) is 23.5 Å². The topological polar surface area (TPSA) is 105 Å². The van der Waals surface area contributed by atoms with Gasteiger partial charge in [-0.15, -0.1) is 0 Å². The van der Waals surface area contributed by atoms with E-state index >= 15 is 0 Å². The number of carbonyl (C=O) groups is 2. The molecule has 2 fully saturated rings. The van der Waals surface area contributed by atoms with E-state index < -0.39 is 11.9 Å². The van der Waals surface area contributed by atoms with Crippen molar-refractivity contribution in [3.8, 4) is 0 Å². The summed E-state index contributed by atoms with van der Waals surface area (Å²) in [5.41, 5.74) is 6.38. The SMILES string of the molecule is Cc1cc(C(N)=O)cc(NC2C3CCC(C3)C2C(=O)O)n1. The molecular weight excluding hydrogens is 270 g/mol. The standard InChI is InChI=1S/C15H19N3O3/c1-7-4-10(14(16)19)6-11(17-7)18-13-9-3-2-8(5-9)12(13)15(20)21/h4,6,8-9,12-13H,2-3,5H2,1H3,(H2,16,19)(H,17,18)(H,20,21). The molecule has 2 aliphatic rings. The summed E-state index contributed by atoms with van der Waals surface area (Å²) in [4.78, 5) is 27.2. The van der Waals surface area contributed by atoms with Crippen molar-refractivity contribution in [1.82, 2.24) is 4.98 Å². The number of nitrogens with zero attached hydrogens (tertiary/aromatic N) is 1. The smallest absolute Gasteiger partial charge is 0.308 e. The Bertz CT molecular complexity index is 602.